The van der Waals surface area contributed by atoms with E-state index in [1.54, 1.807) is 62.4 Å². The van der Waals surface area contributed by atoms with E-state index in [0.717, 1.165) is 0 Å². The summed E-state index contributed by atoms with van der Waals surface area (Å²) >= 11 is 0. The van der Waals surface area contributed by atoms with Gasteiger partial charge in [0.05, 0.1) is 12.2 Å². The van der Waals surface area contributed by atoms with Gasteiger partial charge in [-0.3, -0.25) is 25.2 Å². The summed E-state index contributed by atoms with van der Waals surface area (Å²) in [5.41, 5.74) is 6.06. The number of ether oxygens (including phenoxy) is 1. The van der Waals surface area contributed by atoms with Crippen molar-refractivity contribution in [2.75, 3.05) is 11.9 Å². The number of rotatable bonds is 7. The van der Waals surface area contributed by atoms with E-state index < -0.39 is 11.8 Å². The van der Waals surface area contributed by atoms with E-state index in [9.17, 15) is 14.4 Å². The third kappa shape index (κ3) is 6.64. The van der Waals surface area contributed by atoms with Crippen LogP contribution in [0.5, 0.6) is 5.75 Å². The second-order valence-corrected chi connectivity index (χ2v) is 7.33. The fourth-order valence-corrected chi connectivity index (χ4v) is 2.28. The van der Waals surface area contributed by atoms with Crippen molar-refractivity contribution in [3.63, 3.8) is 0 Å². The van der Waals surface area contributed by atoms with Crippen LogP contribution in [-0.2, 0) is 4.79 Å². The van der Waals surface area contributed by atoms with Crippen molar-refractivity contribution in [2.24, 2.45) is 11.8 Å². The Morgan fingerprint density at radius 2 is 1.48 bits per heavy atom. The second kappa shape index (κ2) is 10.3. The first-order chi connectivity index (χ1) is 13.8. The Kier molecular flexibility index (Phi) is 7.77. The van der Waals surface area contributed by atoms with E-state index in [2.05, 4.69) is 16.2 Å². The van der Waals surface area contributed by atoms with E-state index >= 15 is 0 Å². The molecule has 7 heteroatoms. The molecule has 0 spiro atoms. The molecule has 0 aliphatic carbocycles. The Balaban J connectivity index is 1.95. The third-order valence-corrected chi connectivity index (χ3v) is 3.93. The molecule has 2 rings (SSSR count). The first-order valence-electron chi connectivity index (χ1n) is 9.51. The van der Waals surface area contributed by atoms with Crippen LogP contribution in [0.15, 0.2) is 48.5 Å². The lowest BCUT2D eigenvalue weighted by Gasteiger charge is -2.13. The van der Waals surface area contributed by atoms with E-state index in [4.69, 9.17) is 4.74 Å². The van der Waals surface area contributed by atoms with Gasteiger partial charge in [0.1, 0.15) is 5.75 Å². The molecule has 0 atom stereocenters. The highest BCUT2D eigenvalue weighted by Gasteiger charge is 2.14. The summed E-state index contributed by atoms with van der Waals surface area (Å²) < 4.78 is 5.66. The summed E-state index contributed by atoms with van der Waals surface area (Å²) in [7, 11) is 0. The van der Waals surface area contributed by atoms with Gasteiger partial charge in [-0.2, -0.15) is 0 Å². The van der Waals surface area contributed by atoms with E-state index in [-0.39, 0.29) is 11.8 Å². The molecular formula is C22H27N3O4. The fourth-order valence-electron chi connectivity index (χ4n) is 2.28. The van der Waals surface area contributed by atoms with Gasteiger partial charge in [0.15, 0.2) is 0 Å². The number of amides is 3. The number of anilines is 1. The summed E-state index contributed by atoms with van der Waals surface area (Å²) in [6.07, 6.45) is 0. The zero-order chi connectivity index (χ0) is 21.4. The number of hydrogen-bond acceptors (Lipinski definition) is 4. The SMILES string of the molecule is CC(C)COc1ccccc1C(=O)NNC(=O)c1ccc(NC(=O)C(C)C)cc1. The lowest BCUT2D eigenvalue weighted by atomic mass is 10.1. The summed E-state index contributed by atoms with van der Waals surface area (Å²) in [6, 6.07) is 13.2. The highest BCUT2D eigenvalue weighted by Crippen LogP contribution is 2.18. The number of nitrogens with one attached hydrogen (secondary N) is 3. The quantitative estimate of drug-likeness (QED) is 0.624. The Morgan fingerprint density at radius 3 is 2.10 bits per heavy atom. The van der Waals surface area contributed by atoms with Crippen molar-refractivity contribution in [2.45, 2.75) is 27.7 Å². The van der Waals surface area contributed by atoms with Crippen molar-refractivity contribution in [3.05, 3.63) is 59.7 Å². The van der Waals surface area contributed by atoms with Crippen molar-refractivity contribution in [1.82, 2.24) is 10.9 Å². The highest BCUT2D eigenvalue weighted by molar-refractivity contribution is 6.00. The van der Waals surface area contributed by atoms with Crippen LogP contribution >= 0.6 is 0 Å². The Morgan fingerprint density at radius 1 is 0.862 bits per heavy atom. The van der Waals surface area contributed by atoms with Gasteiger partial charge >= 0.3 is 0 Å². The van der Waals surface area contributed by atoms with Gasteiger partial charge in [0.2, 0.25) is 5.91 Å². The van der Waals surface area contributed by atoms with Crippen molar-refractivity contribution in [1.29, 1.82) is 0 Å². The molecular weight excluding hydrogens is 370 g/mol. The van der Waals surface area contributed by atoms with Gasteiger partial charge in [-0.15, -0.1) is 0 Å². The zero-order valence-corrected chi connectivity index (χ0v) is 17.1. The predicted octanol–water partition coefficient (Wildman–Crippen LogP) is 3.39. The Hall–Kier alpha value is -3.35. The van der Waals surface area contributed by atoms with Crippen LogP contribution in [0.25, 0.3) is 0 Å². The summed E-state index contributed by atoms with van der Waals surface area (Å²) in [4.78, 5) is 36.4. The first-order valence-corrected chi connectivity index (χ1v) is 9.51. The van der Waals surface area contributed by atoms with Crippen LogP contribution in [0.3, 0.4) is 0 Å². The van der Waals surface area contributed by atoms with Crippen LogP contribution in [0, 0.1) is 11.8 Å². The lowest BCUT2D eigenvalue weighted by Crippen LogP contribution is -2.41. The normalized spacial score (nSPS) is 10.6. The van der Waals surface area contributed by atoms with Crippen LogP contribution in [-0.4, -0.2) is 24.3 Å². The number of hydrogen-bond donors (Lipinski definition) is 3. The molecule has 0 saturated heterocycles. The van der Waals surface area contributed by atoms with Crippen LogP contribution in [0.2, 0.25) is 0 Å². The first kappa shape index (κ1) is 21.9. The minimum atomic E-state index is -0.474. The second-order valence-electron chi connectivity index (χ2n) is 7.33. The van der Waals surface area contributed by atoms with Crippen molar-refractivity contribution < 1.29 is 19.1 Å². The summed E-state index contributed by atoms with van der Waals surface area (Å²) in [5, 5.41) is 2.75. The molecule has 0 fully saturated rings. The van der Waals surface area contributed by atoms with Gasteiger partial charge in [-0.25, -0.2) is 0 Å². The number of carbonyl (C=O) groups excluding carboxylic acids is 3. The fraction of sp³-hybridized carbons (Fsp3) is 0.318. The average Bonchev–Trinajstić information content (AvgIpc) is 2.70. The molecule has 0 bridgehead atoms. The van der Waals surface area contributed by atoms with Gasteiger partial charge in [0, 0.05) is 17.2 Å². The van der Waals surface area contributed by atoms with Gasteiger partial charge in [0.25, 0.3) is 11.8 Å². The predicted molar refractivity (Wildman–Crippen MR) is 112 cm³/mol. The molecule has 3 amide bonds. The maximum absolute atomic E-state index is 12.4. The molecule has 154 valence electrons. The molecule has 7 nitrogen and oxygen atoms in total. The number of benzene rings is 2. The van der Waals surface area contributed by atoms with Gasteiger partial charge in [-0.1, -0.05) is 39.8 Å². The van der Waals surface area contributed by atoms with Crippen LogP contribution in [0.4, 0.5) is 5.69 Å². The smallest absolute Gasteiger partial charge is 0.273 e. The maximum Gasteiger partial charge on any atom is 0.273 e. The molecule has 0 aliphatic heterocycles. The van der Waals surface area contributed by atoms with E-state index in [1.807, 2.05) is 13.8 Å². The molecule has 0 saturated carbocycles. The average molecular weight is 397 g/mol. The van der Waals surface area contributed by atoms with E-state index in [1.165, 1.54) is 0 Å². The molecule has 2 aromatic rings. The molecule has 0 aliphatic rings. The minimum Gasteiger partial charge on any atom is -0.492 e. The molecule has 0 unspecified atom stereocenters. The zero-order valence-electron chi connectivity index (χ0n) is 17.1. The minimum absolute atomic E-state index is 0.104. The summed E-state index contributed by atoms with van der Waals surface area (Å²) in [6.45, 7) is 8.11. The molecule has 2 aromatic carbocycles. The maximum atomic E-state index is 12.4. The van der Waals surface area contributed by atoms with Gasteiger partial charge in [-0.05, 0) is 42.3 Å². The lowest BCUT2D eigenvalue weighted by molar-refractivity contribution is -0.118. The molecule has 3 N–H and O–H groups in total. The van der Waals surface area contributed by atoms with Crippen molar-refractivity contribution in [3.8, 4) is 5.75 Å². The Labute approximate surface area is 170 Å². The van der Waals surface area contributed by atoms with Crippen molar-refractivity contribution >= 4 is 23.4 Å². The van der Waals surface area contributed by atoms with E-state index in [0.29, 0.717) is 35.1 Å². The standard InChI is InChI=1S/C22H27N3O4/c1-14(2)13-29-19-8-6-5-7-18(19)22(28)25-24-21(27)16-9-11-17(12-10-16)23-20(26)15(3)4/h5-12,14-15H,13H2,1-4H3,(H,23,26)(H,24,27)(H,25,28). The molecule has 0 heterocycles. The molecule has 0 aromatic heterocycles. The number of carbonyl (C=O) groups is 3. The largest absolute Gasteiger partial charge is 0.492 e. The molecule has 0 radical (unpaired) electrons. The van der Waals surface area contributed by atoms with Crippen LogP contribution < -0.4 is 20.9 Å². The van der Waals surface area contributed by atoms with Crippen LogP contribution in [0.1, 0.15) is 48.4 Å². The number of hydrazine groups is 1. The molecule has 29 heavy (non-hydrogen) atoms. The topological polar surface area (TPSA) is 96.5 Å². The Bertz CT molecular complexity index is 861. The summed E-state index contributed by atoms with van der Waals surface area (Å²) in [5.74, 6) is -0.412. The highest BCUT2D eigenvalue weighted by atomic mass is 16.5. The number of para-hydroxylation sites is 1. The monoisotopic (exact) mass is 397 g/mol. The van der Waals surface area contributed by atoms with Gasteiger partial charge < -0.3 is 10.1 Å². The third-order valence-electron chi connectivity index (χ3n) is 3.93.